The highest BCUT2D eigenvalue weighted by Gasteiger charge is 2.23. The monoisotopic (exact) mass is 345 g/mol. The van der Waals surface area contributed by atoms with Gasteiger partial charge in [-0.1, -0.05) is 0 Å². The summed E-state index contributed by atoms with van der Waals surface area (Å²) in [4.78, 5) is 12.4. The minimum absolute atomic E-state index is 0.192. The lowest BCUT2D eigenvalue weighted by molar-refractivity contribution is -0.384. The van der Waals surface area contributed by atoms with Crippen molar-refractivity contribution in [3.05, 3.63) is 32.5 Å². The number of piperidine rings is 1. The van der Waals surface area contributed by atoms with E-state index < -0.39 is 10.7 Å². The zero-order valence-corrected chi connectivity index (χ0v) is 12.8. The molecule has 1 heterocycles. The molecule has 0 spiro atoms. The molecule has 0 aliphatic carbocycles. The summed E-state index contributed by atoms with van der Waals surface area (Å²) in [6, 6.07) is 2.45. The van der Waals surface area contributed by atoms with E-state index in [0.29, 0.717) is 11.6 Å². The van der Waals surface area contributed by atoms with Gasteiger partial charge in [0.1, 0.15) is 11.5 Å². The molecule has 1 aliphatic heterocycles. The van der Waals surface area contributed by atoms with E-state index in [2.05, 4.69) is 21.2 Å². The highest BCUT2D eigenvalue weighted by Crippen LogP contribution is 2.33. The lowest BCUT2D eigenvalue weighted by Crippen LogP contribution is -2.34. The van der Waals surface area contributed by atoms with Crippen LogP contribution in [-0.2, 0) is 0 Å². The van der Waals surface area contributed by atoms with Crippen molar-refractivity contribution in [2.75, 3.05) is 31.6 Å². The van der Waals surface area contributed by atoms with Crippen LogP contribution in [0.25, 0.3) is 0 Å². The summed E-state index contributed by atoms with van der Waals surface area (Å²) in [6.07, 6.45) is 2.11. The van der Waals surface area contributed by atoms with Crippen LogP contribution in [0.2, 0.25) is 0 Å². The lowest BCUT2D eigenvalue weighted by Gasteiger charge is -2.28. The van der Waals surface area contributed by atoms with Crippen LogP contribution in [0.5, 0.6) is 0 Å². The Bertz CT molecular complexity index is 507. The molecule has 0 aromatic heterocycles. The Labute approximate surface area is 125 Å². The van der Waals surface area contributed by atoms with Crippen LogP contribution < -0.4 is 10.2 Å². The summed E-state index contributed by atoms with van der Waals surface area (Å²) in [7, 11) is 1.81. The van der Waals surface area contributed by atoms with Gasteiger partial charge >= 0.3 is 0 Å². The van der Waals surface area contributed by atoms with E-state index in [1.807, 2.05) is 11.9 Å². The van der Waals surface area contributed by atoms with Crippen LogP contribution in [0.1, 0.15) is 12.8 Å². The van der Waals surface area contributed by atoms with E-state index in [-0.39, 0.29) is 10.2 Å². The fourth-order valence-corrected chi connectivity index (χ4v) is 2.86. The third-order valence-corrected chi connectivity index (χ3v) is 4.22. The number of hydrogen-bond acceptors (Lipinski definition) is 4. The van der Waals surface area contributed by atoms with Crippen LogP contribution in [-0.4, -0.2) is 31.6 Å². The molecule has 0 bridgehead atoms. The summed E-state index contributed by atoms with van der Waals surface area (Å²) in [5.74, 6) is -0.111. The highest BCUT2D eigenvalue weighted by atomic mass is 79.9. The first-order valence-electron chi connectivity index (χ1n) is 6.54. The maximum Gasteiger partial charge on any atom is 0.295 e. The van der Waals surface area contributed by atoms with Crippen molar-refractivity contribution < 1.29 is 9.31 Å². The molecular formula is C13H17BrFN3O2. The Morgan fingerprint density at radius 3 is 2.75 bits per heavy atom. The second kappa shape index (κ2) is 6.49. The van der Waals surface area contributed by atoms with Crippen LogP contribution in [0.3, 0.4) is 0 Å². The summed E-state index contributed by atoms with van der Waals surface area (Å²) in [6.45, 7) is 2.70. The van der Waals surface area contributed by atoms with Gasteiger partial charge in [0.15, 0.2) is 0 Å². The van der Waals surface area contributed by atoms with E-state index in [9.17, 15) is 14.5 Å². The fourth-order valence-electron chi connectivity index (χ4n) is 2.53. The topological polar surface area (TPSA) is 58.4 Å². The molecule has 0 atom stereocenters. The minimum Gasteiger partial charge on any atom is -0.369 e. The van der Waals surface area contributed by atoms with E-state index >= 15 is 0 Å². The van der Waals surface area contributed by atoms with E-state index in [1.54, 1.807) is 0 Å². The van der Waals surface area contributed by atoms with Crippen LogP contribution in [0, 0.1) is 21.8 Å². The molecule has 1 aromatic rings. The van der Waals surface area contributed by atoms with Gasteiger partial charge in [0, 0.05) is 13.6 Å². The standard InChI is InChI=1S/C13H17BrFN3O2/c1-17(8-9-2-4-16-5-3-9)12-6-10(14)11(15)7-13(12)18(19)20/h6-7,9,16H,2-5,8H2,1H3. The first-order chi connectivity index (χ1) is 9.49. The molecule has 110 valence electrons. The Kier molecular flexibility index (Phi) is 4.93. The molecule has 2 rings (SSSR count). The van der Waals surface area contributed by atoms with Crippen LogP contribution in [0.15, 0.2) is 16.6 Å². The molecule has 0 amide bonds. The zero-order chi connectivity index (χ0) is 14.7. The Balaban J connectivity index is 2.21. The zero-order valence-electron chi connectivity index (χ0n) is 11.2. The molecule has 5 nitrogen and oxygen atoms in total. The maximum absolute atomic E-state index is 13.5. The van der Waals surface area contributed by atoms with Gasteiger partial charge in [0.25, 0.3) is 5.69 Å². The van der Waals surface area contributed by atoms with Gasteiger partial charge < -0.3 is 10.2 Å². The third kappa shape index (κ3) is 3.46. The van der Waals surface area contributed by atoms with Crippen LogP contribution >= 0.6 is 15.9 Å². The molecule has 1 aliphatic rings. The number of nitro benzene ring substituents is 1. The van der Waals surface area contributed by atoms with Gasteiger partial charge in [0.05, 0.1) is 15.5 Å². The highest BCUT2D eigenvalue weighted by molar-refractivity contribution is 9.10. The molecule has 0 saturated carbocycles. The summed E-state index contributed by atoms with van der Waals surface area (Å²) >= 11 is 3.09. The molecule has 7 heteroatoms. The molecule has 1 N–H and O–H groups in total. The van der Waals surface area contributed by atoms with E-state index in [1.165, 1.54) is 6.07 Å². The SMILES string of the molecule is CN(CC1CCNCC1)c1cc(Br)c(F)cc1[N+](=O)[O-]. The molecular weight excluding hydrogens is 329 g/mol. The molecule has 20 heavy (non-hydrogen) atoms. The van der Waals surface area contributed by atoms with Gasteiger partial charge in [-0.05, 0) is 53.8 Å². The van der Waals surface area contributed by atoms with Gasteiger partial charge in [0.2, 0.25) is 0 Å². The van der Waals surface area contributed by atoms with Crippen molar-refractivity contribution in [3.63, 3.8) is 0 Å². The second-order valence-electron chi connectivity index (χ2n) is 5.09. The maximum atomic E-state index is 13.5. The fraction of sp³-hybridized carbons (Fsp3) is 0.538. The summed E-state index contributed by atoms with van der Waals surface area (Å²) < 4.78 is 13.7. The van der Waals surface area contributed by atoms with Crippen molar-refractivity contribution in [2.45, 2.75) is 12.8 Å². The second-order valence-corrected chi connectivity index (χ2v) is 5.94. The largest absolute Gasteiger partial charge is 0.369 e. The number of nitrogens with one attached hydrogen (secondary N) is 1. The predicted octanol–water partition coefficient (Wildman–Crippen LogP) is 2.93. The number of halogens is 2. The Morgan fingerprint density at radius 2 is 2.15 bits per heavy atom. The Morgan fingerprint density at radius 1 is 1.50 bits per heavy atom. The van der Waals surface area contributed by atoms with Crippen LogP contribution in [0.4, 0.5) is 15.8 Å². The third-order valence-electron chi connectivity index (χ3n) is 3.62. The van der Waals surface area contributed by atoms with E-state index in [4.69, 9.17) is 0 Å². The molecule has 1 aromatic carbocycles. The summed E-state index contributed by atoms with van der Waals surface area (Å²) in [5.41, 5.74) is 0.254. The Hall–Kier alpha value is -1.21. The normalized spacial score (nSPS) is 16.1. The average molecular weight is 346 g/mol. The van der Waals surface area contributed by atoms with Crippen molar-refractivity contribution in [3.8, 4) is 0 Å². The number of nitrogens with zero attached hydrogens (tertiary/aromatic N) is 2. The average Bonchev–Trinajstić information content (AvgIpc) is 2.42. The van der Waals surface area contributed by atoms with Gasteiger partial charge in [-0.3, -0.25) is 10.1 Å². The first-order valence-corrected chi connectivity index (χ1v) is 7.33. The molecule has 1 saturated heterocycles. The molecule has 0 radical (unpaired) electrons. The first kappa shape index (κ1) is 15.2. The smallest absolute Gasteiger partial charge is 0.295 e. The van der Waals surface area contributed by atoms with Crippen molar-refractivity contribution in [1.82, 2.24) is 5.32 Å². The number of hydrogen-bond donors (Lipinski definition) is 1. The molecule has 1 fully saturated rings. The quantitative estimate of drug-likeness (QED) is 0.673. The molecule has 0 unspecified atom stereocenters. The van der Waals surface area contributed by atoms with Gasteiger partial charge in [-0.15, -0.1) is 0 Å². The minimum atomic E-state index is -0.615. The number of nitro groups is 1. The van der Waals surface area contributed by atoms with Crippen molar-refractivity contribution in [1.29, 1.82) is 0 Å². The predicted molar refractivity (Wildman–Crippen MR) is 79.6 cm³/mol. The lowest BCUT2D eigenvalue weighted by atomic mass is 9.97. The van der Waals surface area contributed by atoms with E-state index in [0.717, 1.165) is 38.5 Å². The van der Waals surface area contributed by atoms with Crippen molar-refractivity contribution in [2.24, 2.45) is 5.92 Å². The summed E-state index contributed by atoms with van der Waals surface area (Å²) in [5, 5.41) is 14.4. The number of anilines is 1. The number of benzene rings is 1. The van der Waals surface area contributed by atoms with Gasteiger partial charge in [-0.2, -0.15) is 0 Å². The van der Waals surface area contributed by atoms with Crippen molar-refractivity contribution >= 4 is 27.3 Å². The van der Waals surface area contributed by atoms with Gasteiger partial charge in [-0.25, -0.2) is 4.39 Å². The number of rotatable bonds is 4.